The van der Waals surface area contributed by atoms with Crippen molar-refractivity contribution >= 4 is 11.4 Å². The van der Waals surface area contributed by atoms with E-state index in [4.69, 9.17) is 9.15 Å². The van der Waals surface area contributed by atoms with E-state index in [2.05, 4.69) is 14.8 Å². The molecule has 1 saturated heterocycles. The Morgan fingerprint density at radius 1 is 1.14 bits per heavy atom. The molecule has 1 aromatic heterocycles. The van der Waals surface area contributed by atoms with Gasteiger partial charge in [0, 0.05) is 56.1 Å². The van der Waals surface area contributed by atoms with Gasteiger partial charge < -0.3 is 14.1 Å². The zero-order valence-electron chi connectivity index (χ0n) is 16.2. The molecule has 0 unspecified atom stereocenters. The number of nitro benzene ring substituents is 1. The monoisotopic (exact) mass is 394 g/mol. The summed E-state index contributed by atoms with van der Waals surface area (Å²) in [7, 11) is 1.64. The highest BCUT2D eigenvalue weighted by molar-refractivity contribution is 5.56. The van der Waals surface area contributed by atoms with Crippen molar-refractivity contribution in [1.82, 2.24) is 9.88 Å². The number of benzene rings is 2. The second-order valence-electron chi connectivity index (χ2n) is 6.91. The van der Waals surface area contributed by atoms with Gasteiger partial charge in [-0.15, -0.1) is 0 Å². The lowest BCUT2D eigenvalue weighted by atomic mass is 10.2. The zero-order valence-corrected chi connectivity index (χ0v) is 16.2. The molecule has 1 aliphatic rings. The standard InChI is InChI=1S/C21H22N4O4/c1-28-20-4-2-3-16(13-20)21-22-17(15-29-21)14-23-9-11-24(12-10-23)18-5-7-19(8-6-18)25(26)27/h2-8,13,15H,9-12,14H2,1H3. The van der Waals surface area contributed by atoms with E-state index >= 15 is 0 Å². The van der Waals surface area contributed by atoms with E-state index in [0.29, 0.717) is 5.89 Å². The molecular weight excluding hydrogens is 372 g/mol. The number of aromatic nitrogens is 1. The number of piperazine rings is 1. The summed E-state index contributed by atoms with van der Waals surface area (Å²) in [6, 6.07) is 14.4. The van der Waals surface area contributed by atoms with Crippen molar-refractivity contribution in [2.45, 2.75) is 6.54 Å². The van der Waals surface area contributed by atoms with Crippen LogP contribution < -0.4 is 9.64 Å². The van der Waals surface area contributed by atoms with Gasteiger partial charge in [-0.1, -0.05) is 6.07 Å². The molecule has 8 heteroatoms. The molecule has 2 heterocycles. The molecule has 29 heavy (non-hydrogen) atoms. The van der Waals surface area contributed by atoms with Gasteiger partial charge in [0.25, 0.3) is 5.69 Å². The first-order valence-electron chi connectivity index (χ1n) is 9.43. The molecule has 0 radical (unpaired) electrons. The second-order valence-corrected chi connectivity index (χ2v) is 6.91. The Morgan fingerprint density at radius 2 is 1.90 bits per heavy atom. The van der Waals surface area contributed by atoms with Crippen molar-refractivity contribution in [2.24, 2.45) is 0 Å². The van der Waals surface area contributed by atoms with Gasteiger partial charge in [-0.2, -0.15) is 0 Å². The third kappa shape index (κ3) is 4.38. The van der Waals surface area contributed by atoms with Gasteiger partial charge in [-0.3, -0.25) is 15.0 Å². The first-order valence-corrected chi connectivity index (χ1v) is 9.43. The fourth-order valence-electron chi connectivity index (χ4n) is 3.45. The van der Waals surface area contributed by atoms with Gasteiger partial charge in [0.2, 0.25) is 5.89 Å². The average molecular weight is 394 g/mol. The van der Waals surface area contributed by atoms with E-state index in [-0.39, 0.29) is 10.6 Å². The minimum Gasteiger partial charge on any atom is -0.497 e. The lowest BCUT2D eigenvalue weighted by molar-refractivity contribution is -0.384. The minimum atomic E-state index is -0.376. The van der Waals surface area contributed by atoms with Crippen LogP contribution in [0, 0.1) is 10.1 Å². The van der Waals surface area contributed by atoms with Crippen LogP contribution in [0.3, 0.4) is 0 Å². The number of hydrogen-bond acceptors (Lipinski definition) is 7. The largest absolute Gasteiger partial charge is 0.497 e. The summed E-state index contributed by atoms with van der Waals surface area (Å²) in [5.74, 6) is 1.35. The topological polar surface area (TPSA) is 84.9 Å². The highest BCUT2D eigenvalue weighted by atomic mass is 16.6. The van der Waals surface area contributed by atoms with Crippen LogP contribution in [0.5, 0.6) is 5.75 Å². The van der Waals surface area contributed by atoms with Crippen LogP contribution in [0.1, 0.15) is 5.69 Å². The van der Waals surface area contributed by atoms with Gasteiger partial charge >= 0.3 is 0 Å². The average Bonchev–Trinajstić information content (AvgIpc) is 3.23. The number of hydrogen-bond donors (Lipinski definition) is 0. The maximum Gasteiger partial charge on any atom is 0.269 e. The third-order valence-corrected chi connectivity index (χ3v) is 5.05. The maximum absolute atomic E-state index is 10.8. The Labute approximate surface area is 168 Å². The molecule has 8 nitrogen and oxygen atoms in total. The molecule has 150 valence electrons. The summed E-state index contributed by atoms with van der Waals surface area (Å²) < 4.78 is 10.9. The van der Waals surface area contributed by atoms with E-state index in [9.17, 15) is 10.1 Å². The fourth-order valence-corrected chi connectivity index (χ4v) is 3.45. The molecule has 3 aromatic rings. The molecule has 4 rings (SSSR count). The fraction of sp³-hybridized carbons (Fsp3) is 0.286. The number of rotatable bonds is 6. The number of non-ortho nitro benzene ring substituents is 1. The first-order chi connectivity index (χ1) is 14.1. The highest BCUT2D eigenvalue weighted by Crippen LogP contribution is 2.24. The maximum atomic E-state index is 10.8. The smallest absolute Gasteiger partial charge is 0.269 e. The number of anilines is 1. The first kappa shape index (κ1) is 18.9. The predicted molar refractivity (Wildman–Crippen MR) is 109 cm³/mol. The lowest BCUT2D eigenvalue weighted by Crippen LogP contribution is -2.46. The summed E-state index contributed by atoms with van der Waals surface area (Å²) in [5, 5.41) is 10.8. The number of methoxy groups -OCH3 is 1. The highest BCUT2D eigenvalue weighted by Gasteiger charge is 2.19. The van der Waals surface area contributed by atoms with Gasteiger partial charge in [0.1, 0.15) is 12.0 Å². The normalized spacial score (nSPS) is 14.7. The molecular formula is C21H22N4O4. The molecule has 0 amide bonds. The Kier molecular flexibility index (Phi) is 5.44. The van der Waals surface area contributed by atoms with Crippen LogP contribution in [0.25, 0.3) is 11.5 Å². The SMILES string of the molecule is COc1cccc(-c2nc(CN3CCN(c4ccc([N+](=O)[O-])cc4)CC3)co2)c1. The number of nitrogens with zero attached hydrogens (tertiary/aromatic N) is 4. The Balaban J connectivity index is 1.34. The van der Waals surface area contributed by atoms with Crippen molar-refractivity contribution in [3.05, 3.63) is 70.6 Å². The summed E-state index contributed by atoms with van der Waals surface area (Å²) in [4.78, 5) is 19.6. The minimum absolute atomic E-state index is 0.116. The van der Waals surface area contributed by atoms with Crippen molar-refractivity contribution in [2.75, 3.05) is 38.2 Å². The van der Waals surface area contributed by atoms with Crippen molar-refractivity contribution in [3.8, 4) is 17.2 Å². The molecule has 0 aliphatic carbocycles. The molecule has 0 saturated carbocycles. The predicted octanol–water partition coefficient (Wildman–Crippen LogP) is 3.58. The van der Waals surface area contributed by atoms with Crippen LogP contribution in [0.15, 0.2) is 59.2 Å². The van der Waals surface area contributed by atoms with Gasteiger partial charge in [0.15, 0.2) is 0 Å². The zero-order chi connectivity index (χ0) is 20.2. The number of oxazole rings is 1. The van der Waals surface area contributed by atoms with Gasteiger partial charge in [-0.25, -0.2) is 4.98 Å². The number of nitro groups is 1. The summed E-state index contributed by atoms with van der Waals surface area (Å²) in [6.07, 6.45) is 1.71. The van der Waals surface area contributed by atoms with E-state index in [1.54, 1.807) is 25.5 Å². The lowest BCUT2D eigenvalue weighted by Gasteiger charge is -2.35. The summed E-state index contributed by atoms with van der Waals surface area (Å²) in [6.45, 7) is 4.22. The molecule has 0 spiro atoms. The molecule has 0 bridgehead atoms. The van der Waals surface area contributed by atoms with Crippen LogP contribution in [0.4, 0.5) is 11.4 Å². The van der Waals surface area contributed by atoms with E-state index < -0.39 is 0 Å². The second kappa shape index (κ2) is 8.32. The van der Waals surface area contributed by atoms with Crippen LogP contribution in [-0.2, 0) is 6.54 Å². The van der Waals surface area contributed by atoms with Crippen molar-refractivity contribution in [1.29, 1.82) is 0 Å². The van der Waals surface area contributed by atoms with E-state index in [1.807, 2.05) is 36.4 Å². The number of ether oxygens (including phenoxy) is 1. The quantitative estimate of drug-likeness (QED) is 0.467. The Morgan fingerprint density at radius 3 is 2.59 bits per heavy atom. The molecule has 0 atom stereocenters. The summed E-state index contributed by atoms with van der Waals surface area (Å²) >= 11 is 0. The van der Waals surface area contributed by atoms with Gasteiger partial charge in [-0.05, 0) is 30.3 Å². The third-order valence-electron chi connectivity index (χ3n) is 5.05. The molecule has 0 N–H and O–H groups in total. The summed E-state index contributed by atoms with van der Waals surface area (Å²) in [5.41, 5.74) is 2.91. The van der Waals surface area contributed by atoms with Crippen molar-refractivity contribution in [3.63, 3.8) is 0 Å². The molecule has 2 aromatic carbocycles. The molecule has 1 aliphatic heterocycles. The van der Waals surface area contributed by atoms with Crippen LogP contribution >= 0.6 is 0 Å². The van der Waals surface area contributed by atoms with Gasteiger partial charge in [0.05, 0.1) is 17.7 Å². The van der Waals surface area contributed by atoms with Crippen LogP contribution in [-0.4, -0.2) is 48.1 Å². The van der Waals surface area contributed by atoms with Crippen molar-refractivity contribution < 1.29 is 14.1 Å². The van der Waals surface area contributed by atoms with Crippen LogP contribution in [0.2, 0.25) is 0 Å². The Hall–Kier alpha value is -3.39. The van der Waals surface area contributed by atoms with E-state index in [0.717, 1.165) is 55.4 Å². The van der Waals surface area contributed by atoms with E-state index in [1.165, 1.54) is 0 Å². The molecule has 1 fully saturated rings. The Bertz CT molecular complexity index is 978.